The van der Waals surface area contributed by atoms with Crippen LogP contribution in [0.2, 0.25) is 5.02 Å². The highest BCUT2D eigenvalue weighted by molar-refractivity contribution is 6.30. The van der Waals surface area contributed by atoms with E-state index in [-0.39, 0.29) is 23.5 Å². The lowest BCUT2D eigenvalue weighted by molar-refractivity contribution is -0.384. The first-order valence-electron chi connectivity index (χ1n) is 5.87. The molecular formula is C14H9ClFN3O2. The average molecular weight is 306 g/mol. The van der Waals surface area contributed by atoms with Crippen LogP contribution in [0.15, 0.2) is 36.4 Å². The number of nitrogens with zero attached hydrogens (tertiary/aromatic N) is 2. The normalized spacial score (nSPS) is 9.95. The first-order chi connectivity index (χ1) is 10.0. The highest BCUT2D eigenvalue weighted by Crippen LogP contribution is 2.26. The summed E-state index contributed by atoms with van der Waals surface area (Å²) in [5, 5.41) is 22.9. The molecule has 5 nitrogen and oxygen atoms in total. The van der Waals surface area contributed by atoms with Crippen LogP contribution in [0.5, 0.6) is 0 Å². The van der Waals surface area contributed by atoms with Gasteiger partial charge in [-0.2, -0.15) is 5.26 Å². The third kappa shape index (κ3) is 3.46. The zero-order valence-electron chi connectivity index (χ0n) is 10.6. The fourth-order valence-corrected chi connectivity index (χ4v) is 1.97. The summed E-state index contributed by atoms with van der Waals surface area (Å²) in [5.74, 6) is -0.455. The maximum Gasteiger partial charge on any atom is 0.293 e. The summed E-state index contributed by atoms with van der Waals surface area (Å²) < 4.78 is 13.6. The molecule has 2 rings (SSSR count). The zero-order valence-corrected chi connectivity index (χ0v) is 11.4. The number of nitrogens with one attached hydrogen (secondary N) is 1. The Morgan fingerprint density at radius 1 is 1.33 bits per heavy atom. The molecule has 0 aliphatic rings. The van der Waals surface area contributed by atoms with Gasteiger partial charge in [-0.05, 0) is 30.3 Å². The lowest BCUT2D eigenvalue weighted by Gasteiger charge is -2.08. The SMILES string of the molecule is N#Cc1ccc(NCc2cc(Cl)ccc2F)c([N+](=O)[O-])c1. The van der Waals surface area contributed by atoms with Crippen LogP contribution in [0, 0.1) is 27.3 Å². The molecule has 0 aliphatic heterocycles. The number of hydrogen-bond acceptors (Lipinski definition) is 4. The van der Waals surface area contributed by atoms with Gasteiger partial charge < -0.3 is 5.32 Å². The maximum atomic E-state index is 13.6. The standard InChI is InChI=1S/C14H9ClFN3O2/c15-11-2-3-12(16)10(6-11)8-18-13-4-1-9(7-17)5-14(13)19(20)21/h1-6,18H,8H2. The predicted molar refractivity (Wildman–Crippen MR) is 76.5 cm³/mol. The van der Waals surface area contributed by atoms with Crippen molar-refractivity contribution >= 4 is 23.0 Å². The van der Waals surface area contributed by atoms with Crippen LogP contribution in [0.4, 0.5) is 15.8 Å². The lowest BCUT2D eigenvalue weighted by atomic mass is 10.1. The van der Waals surface area contributed by atoms with Crippen LogP contribution in [0.3, 0.4) is 0 Å². The summed E-state index contributed by atoms with van der Waals surface area (Å²) >= 11 is 5.78. The van der Waals surface area contributed by atoms with Gasteiger partial charge in [0.2, 0.25) is 0 Å². The summed E-state index contributed by atoms with van der Waals surface area (Å²) in [6, 6.07) is 9.95. The van der Waals surface area contributed by atoms with E-state index >= 15 is 0 Å². The Morgan fingerprint density at radius 2 is 2.10 bits per heavy atom. The quantitative estimate of drug-likeness (QED) is 0.687. The van der Waals surface area contributed by atoms with Crippen LogP contribution in [-0.2, 0) is 6.54 Å². The van der Waals surface area contributed by atoms with Crippen molar-refractivity contribution in [1.82, 2.24) is 0 Å². The second kappa shape index (κ2) is 6.20. The molecule has 0 radical (unpaired) electrons. The van der Waals surface area contributed by atoms with Gasteiger partial charge in [0.25, 0.3) is 5.69 Å². The number of halogens is 2. The topological polar surface area (TPSA) is 79.0 Å². The first kappa shape index (κ1) is 14.8. The molecule has 2 aromatic carbocycles. The Hall–Kier alpha value is -2.65. The van der Waals surface area contributed by atoms with Crippen molar-refractivity contribution in [3.63, 3.8) is 0 Å². The fourth-order valence-electron chi connectivity index (χ4n) is 1.77. The van der Waals surface area contributed by atoms with Crippen LogP contribution in [0.1, 0.15) is 11.1 Å². The van der Waals surface area contributed by atoms with E-state index in [9.17, 15) is 14.5 Å². The minimum Gasteiger partial charge on any atom is -0.375 e. The molecule has 2 aromatic rings. The maximum absolute atomic E-state index is 13.6. The molecule has 0 heterocycles. The van der Waals surface area contributed by atoms with E-state index in [1.54, 1.807) is 0 Å². The molecule has 0 spiro atoms. The van der Waals surface area contributed by atoms with E-state index in [0.717, 1.165) is 6.07 Å². The van der Waals surface area contributed by atoms with Crippen LogP contribution in [0.25, 0.3) is 0 Å². The number of nitriles is 1. The third-order valence-corrected chi connectivity index (χ3v) is 3.04. The monoisotopic (exact) mass is 305 g/mol. The van der Waals surface area contributed by atoms with Gasteiger partial charge in [0, 0.05) is 23.2 Å². The largest absolute Gasteiger partial charge is 0.375 e. The molecule has 0 atom stereocenters. The molecule has 0 unspecified atom stereocenters. The number of hydrogen-bond donors (Lipinski definition) is 1. The fraction of sp³-hybridized carbons (Fsp3) is 0.0714. The van der Waals surface area contributed by atoms with E-state index in [1.807, 2.05) is 6.07 Å². The van der Waals surface area contributed by atoms with Crippen molar-refractivity contribution in [2.24, 2.45) is 0 Å². The molecule has 7 heteroatoms. The Bertz CT molecular complexity index is 743. The summed E-state index contributed by atoms with van der Waals surface area (Å²) in [6.07, 6.45) is 0. The molecule has 106 valence electrons. The Labute approximate surface area is 124 Å². The van der Waals surface area contributed by atoms with Gasteiger partial charge in [-0.25, -0.2) is 4.39 Å². The molecule has 0 amide bonds. The van der Waals surface area contributed by atoms with E-state index in [2.05, 4.69) is 5.32 Å². The molecule has 0 aliphatic carbocycles. The van der Waals surface area contributed by atoms with E-state index in [0.29, 0.717) is 10.6 Å². The van der Waals surface area contributed by atoms with Gasteiger partial charge in [0.15, 0.2) is 0 Å². The number of benzene rings is 2. The van der Waals surface area contributed by atoms with Crippen molar-refractivity contribution < 1.29 is 9.31 Å². The summed E-state index contributed by atoms with van der Waals surface area (Å²) in [5.41, 5.74) is 0.442. The Kier molecular flexibility index (Phi) is 4.36. The minimum absolute atomic E-state index is 0.0408. The van der Waals surface area contributed by atoms with Crippen molar-refractivity contribution in [2.45, 2.75) is 6.54 Å². The van der Waals surface area contributed by atoms with E-state index in [4.69, 9.17) is 16.9 Å². The van der Waals surface area contributed by atoms with Crippen LogP contribution < -0.4 is 5.32 Å². The van der Waals surface area contributed by atoms with Crippen molar-refractivity contribution in [3.05, 3.63) is 68.5 Å². The Morgan fingerprint density at radius 3 is 2.76 bits per heavy atom. The van der Waals surface area contributed by atoms with Gasteiger partial charge in [-0.3, -0.25) is 10.1 Å². The van der Waals surface area contributed by atoms with Gasteiger partial charge >= 0.3 is 0 Å². The van der Waals surface area contributed by atoms with Gasteiger partial charge in [-0.15, -0.1) is 0 Å². The second-order valence-electron chi connectivity index (χ2n) is 4.19. The summed E-state index contributed by atoms with van der Waals surface area (Å²) in [4.78, 5) is 10.4. The zero-order chi connectivity index (χ0) is 15.4. The molecule has 0 bridgehead atoms. The number of rotatable bonds is 4. The van der Waals surface area contributed by atoms with Crippen LogP contribution in [-0.4, -0.2) is 4.92 Å². The van der Waals surface area contributed by atoms with Gasteiger partial charge in [-0.1, -0.05) is 11.6 Å². The number of nitro groups is 1. The lowest BCUT2D eigenvalue weighted by Crippen LogP contribution is -2.04. The first-order valence-corrected chi connectivity index (χ1v) is 6.25. The number of nitro benzene ring substituents is 1. The number of anilines is 1. The predicted octanol–water partition coefficient (Wildman–Crippen LogP) is 3.87. The summed E-state index contributed by atoms with van der Waals surface area (Å²) in [6.45, 7) is 0.0408. The van der Waals surface area contributed by atoms with Crippen molar-refractivity contribution in [2.75, 3.05) is 5.32 Å². The smallest absolute Gasteiger partial charge is 0.293 e. The minimum atomic E-state index is -0.600. The van der Waals surface area contributed by atoms with E-state index in [1.165, 1.54) is 30.3 Å². The molecule has 0 saturated carbocycles. The molecule has 0 fully saturated rings. The third-order valence-electron chi connectivity index (χ3n) is 2.80. The van der Waals surface area contributed by atoms with Gasteiger partial charge in [0.1, 0.15) is 11.5 Å². The van der Waals surface area contributed by atoms with Gasteiger partial charge in [0.05, 0.1) is 16.6 Å². The van der Waals surface area contributed by atoms with Crippen molar-refractivity contribution in [1.29, 1.82) is 5.26 Å². The molecule has 1 N–H and O–H groups in total. The second-order valence-corrected chi connectivity index (χ2v) is 4.63. The average Bonchev–Trinajstić information content (AvgIpc) is 2.48. The molecule has 0 aromatic heterocycles. The van der Waals surface area contributed by atoms with Crippen LogP contribution >= 0.6 is 11.6 Å². The summed E-state index contributed by atoms with van der Waals surface area (Å²) in [7, 11) is 0. The molecule has 0 saturated heterocycles. The highest BCUT2D eigenvalue weighted by Gasteiger charge is 2.15. The highest BCUT2D eigenvalue weighted by atomic mass is 35.5. The van der Waals surface area contributed by atoms with E-state index < -0.39 is 10.7 Å². The Balaban J connectivity index is 2.26. The molecular weight excluding hydrogens is 297 g/mol. The van der Waals surface area contributed by atoms with Crippen molar-refractivity contribution in [3.8, 4) is 6.07 Å². The molecule has 21 heavy (non-hydrogen) atoms.